The van der Waals surface area contributed by atoms with Crippen molar-refractivity contribution in [2.75, 3.05) is 31.6 Å². The molecule has 1 aliphatic heterocycles. The summed E-state index contributed by atoms with van der Waals surface area (Å²) >= 11 is 1.80. The number of piperidine rings is 1. The fraction of sp³-hybridized carbons (Fsp3) is 1.00. The van der Waals surface area contributed by atoms with Crippen LogP contribution in [0.15, 0.2) is 0 Å². The van der Waals surface area contributed by atoms with E-state index >= 15 is 0 Å². The second-order valence-electron chi connectivity index (χ2n) is 6.27. The highest BCUT2D eigenvalue weighted by Gasteiger charge is 2.37. The van der Waals surface area contributed by atoms with Crippen molar-refractivity contribution < 1.29 is 8.42 Å². The molecule has 1 aliphatic carbocycles. The van der Waals surface area contributed by atoms with Gasteiger partial charge in [-0.1, -0.05) is 19.3 Å². The van der Waals surface area contributed by atoms with Crippen molar-refractivity contribution >= 4 is 21.8 Å². The molecular weight excluding hydrogens is 292 g/mol. The van der Waals surface area contributed by atoms with Gasteiger partial charge in [-0.15, -0.1) is 0 Å². The first kappa shape index (κ1) is 16.6. The Morgan fingerprint density at radius 3 is 2.30 bits per heavy atom. The topological polar surface area (TPSA) is 63.4 Å². The monoisotopic (exact) mass is 320 g/mol. The Kier molecular flexibility index (Phi) is 5.79. The van der Waals surface area contributed by atoms with Crippen molar-refractivity contribution in [1.29, 1.82) is 0 Å². The number of nitrogens with zero attached hydrogens (tertiary/aromatic N) is 1. The summed E-state index contributed by atoms with van der Waals surface area (Å²) in [5.41, 5.74) is 5.86. The lowest BCUT2D eigenvalue weighted by atomic mass is 9.91. The zero-order valence-electron chi connectivity index (χ0n) is 12.5. The average Bonchev–Trinajstić information content (AvgIpc) is 2.48. The second kappa shape index (κ2) is 6.99. The van der Waals surface area contributed by atoms with Crippen molar-refractivity contribution in [3.63, 3.8) is 0 Å². The zero-order valence-corrected chi connectivity index (χ0v) is 14.1. The summed E-state index contributed by atoms with van der Waals surface area (Å²) in [6, 6.07) is 0. The second-order valence-corrected chi connectivity index (χ2v) is 9.56. The molecule has 20 heavy (non-hydrogen) atoms. The predicted molar refractivity (Wildman–Crippen MR) is 86.5 cm³/mol. The average molecular weight is 321 g/mol. The maximum atomic E-state index is 12.5. The van der Waals surface area contributed by atoms with Crippen LogP contribution >= 0.6 is 11.8 Å². The molecule has 2 rings (SSSR count). The highest BCUT2D eigenvalue weighted by molar-refractivity contribution is 8.00. The first-order valence-corrected chi connectivity index (χ1v) is 10.6. The van der Waals surface area contributed by atoms with E-state index in [1.54, 1.807) is 16.1 Å². The van der Waals surface area contributed by atoms with E-state index < -0.39 is 10.0 Å². The minimum atomic E-state index is -3.07. The van der Waals surface area contributed by atoms with Crippen molar-refractivity contribution in [2.45, 2.75) is 49.7 Å². The van der Waals surface area contributed by atoms with Gasteiger partial charge < -0.3 is 5.73 Å². The van der Waals surface area contributed by atoms with Crippen LogP contribution < -0.4 is 5.73 Å². The van der Waals surface area contributed by atoms with Crippen LogP contribution in [0.5, 0.6) is 0 Å². The largest absolute Gasteiger partial charge is 0.329 e. The van der Waals surface area contributed by atoms with E-state index in [0.29, 0.717) is 31.3 Å². The number of thioether (sulfide) groups is 1. The van der Waals surface area contributed by atoms with E-state index in [1.165, 1.54) is 19.3 Å². The third-order valence-electron chi connectivity index (χ3n) is 5.00. The van der Waals surface area contributed by atoms with Gasteiger partial charge in [-0.2, -0.15) is 11.8 Å². The third-order valence-corrected chi connectivity index (χ3v) is 8.49. The Bertz CT molecular complexity index is 391. The molecule has 0 aromatic heterocycles. The van der Waals surface area contributed by atoms with Gasteiger partial charge in [0.05, 0.1) is 5.75 Å². The van der Waals surface area contributed by atoms with Crippen LogP contribution in [0.2, 0.25) is 0 Å². The maximum Gasteiger partial charge on any atom is 0.214 e. The van der Waals surface area contributed by atoms with E-state index in [9.17, 15) is 8.42 Å². The van der Waals surface area contributed by atoms with E-state index in [2.05, 4.69) is 6.26 Å². The van der Waals surface area contributed by atoms with Gasteiger partial charge in [0.15, 0.2) is 0 Å². The van der Waals surface area contributed by atoms with Gasteiger partial charge in [0, 0.05) is 24.4 Å². The summed E-state index contributed by atoms with van der Waals surface area (Å²) < 4.78 is 26.9. The molecule has 0 aromatic rings. The van der Waals surface area contributed by atoms with Crippen LogP contribution in [0.3, 0.4) is 0 Å². The molecule has 1 saturated carbocycles. The standard InChI is InChI=1S/C14H28N2O2S2/c1-19-14(12-15)7-9-16(10-8-14)20(17,18)11-13-5-3-2-4-6-13/h13H,2-12,15H2,1H3. The van der Waals surface area contributed by atoms with Gasteiger partial charge in [-0.25, -0.2) is 12.7 Å². The normalized spacial score (nSPS) is 25.7. The minimum Gasteiger partial charge on any atom is -0.329 e. The summed E-state index contributed by atoms with van der Waals surface area (Å²) in [7, 11) is -3.07. The van der Waals surface area contributed by atoms with Crippen LogP contribution in [0.25, 0.3) is 0 Å². The Morgan fingerprint density at radius 2 is 1.80 bits per heavy atom. The molecule has 2 aliphatic rings. The number of nitrogens with two attached hydrogens (primary N) is 1. The maximum absolute atomic E-state index is 12.5. The SMILES string of the molecule is CSC1(CN)CCN(S(=O)(=O)CC2CCCCC2)CC1. The van der Waals surface area contributed by atoms with Crippen LogP contribution in [0.1, 0.15) is 44.9 Å². The van der Waals surface area contributed by atoms with E-state index in [4.69, 9.17) is 5.73 Å². The predicted octanol–water partition coefficient (Wildman–Crippen LogP) is 2.05. The summed E-state index contributed by atoms with van der Waals surface area (Å²) in [5, 5.41) is 0. The molecule has 0 atom stereocenters. The summed E-state index contributed by atoms with van der Waals surface area (Å²) in [6.45, 7) is 1.94. The van der Waals surface area contributed by atoms with Crippen molar-refractivity contribution in [2.24, 2.45) is 11.7 Å². The smallest absolute Gasteiger partial charge is 0.214 e. The molecule has 2 N–H and O–H groups in total. The number of hydrogen-bond donors (Lipinski definition) is 1. The lowest BCUT2D eigenvalue weighted by Gasteiger charge is -2.39. The summed E-state index contributed by atoms with van der Waals surface area (Å²) in [4.78, 5) is 0. The van der Waals surface area contributed by atoms with Crippen molar-refractivity contribution in [3.05, 3.63) is 0 Å². The third kappa shape index (κ3) is 3.90. The zero-order chi connectivity index (χ0) is 14.6. The van der Waals surface area contributed by atoms with Crippen LogP contribution in [-0.4, -0.2) is 49.1 Å². The van der Waals surface area contributed by atoms with Crippen molar-refractivity contribution in [1.82, 2.24) is 4.31 Å². The highest BCUT2D eigenvalue weighted by atomic mass is 32.2. The fourth-order valence-electron chi connectivity index (χ4n) is 3.42. The summed E-state index contributed by atoms with van der Waals surface area (Å²) in [6.07, 6.45) is 9.69. The van der Waals surface area contributed by atoms with Gasteiger partial charge >= 0.3 is 0 Å². The number of sulfonamides is 1. The lowest BCUT2D eigenvalue weighted by molar-refractivity contribution is 0.296. The number of hydrogen-bond acceptors (Lipinski definition) is 4. The lowest BCUT2D eigenvalue weighted by Crippen LogP contribution is -2.49. The van der Waals surface area contributed by atoms with E-state index in [-0.39, 0.29) is 4.75 Å². The van der Waals surface area contributed by atoms with Crippen molar-refractivity contribution in [3.8, 4) is 0 Å². The molecule has 1 saturated heterocycles. The van der Waals surface area contributed by atoms with E-state index in [1.807, 2.05) is 0 Å². The highest BCUT2D eigenvalue weighted by Crippen LogP contribution is 2.35. The van der Waals surface area contributed by atoms with Gasteiger partial charge in [-0.3, -0.25) is 0 Å². The molecule has 6 heteroatoms. The molecule has 0 radical (unpaired) electrons. The summed E-state index contributed by atoms with van der Waals surface area (Å²) in [5.74, 6) is 0.748. The molecule has 0 unspecified atom stereocenters. The van der Waals surface area contributed by atoms with Crippen LogP contribution in [0.4, 0.5) is 0 Å². The van der Waals surface area contributed by atoms with Gasteiger partial charge in [0.25, 0.3) is 0 Å². The molecule has 0 bridgehead atoms. The molecule has 0 aromatic carbocycles. The Hall–Kier alpha value is 0.220. The molecular formula is C14H28N2O2S2. The van der Waals surface area contributed by atoms with Gasteiger partial charge in [0.2, 0.25) is 10.0 Å². The van der Waals surface area contributed by atoms with E-state index in [0.717, 1.165) is 25.7 Å². The van der Waals surface area contributed by atoms with Gasteiger partial charge in [-0.05, 0) is 37.9 Å². The molecule has 4 nitrogen and oxygen atoms in total. The Balaban J connectivity index is 1.91. The minimum absolute atomic E-state index is 0.0941. The van der Waals surface area contributed by atoms with Crippen LogP contribution in [0, 0.1) is 5.92 Å². The van der Waals surface area contributed by atoms with Crippen LogP contribution in [-0.2, 0) is 10.0 Å². The molecule has 0 spiro atoms. The Morgan fingerprint density at radius 1 is 1.20 bits per heavy atom. The Labute approximate surface area is 127 Å². The molecule has 118 valence electrons. The quantitative estimate of drug-likeness (QED) is 0.842. The van der Waals surface area contributed by atoms with Gasteiger partial charge in [0.1, 0.15) is 0 Å². The first-order chi connectivity index (χ1) is 9.51. The molecule has 2 fully saturated rings. The first-order valence-electron chi connectivity index (χ1n) is 7.74. The molecule has 0 amide bonds. The fourth-order valence-corrected chi connectivity index (χ4v) is 6.06. The molecule has 1 heterocycles. The number of rotatable bonds is 5.